The number of furan rings is 1. The van der Waals surface area contributed by atoms with Crippen molar-refractivity contribution in [3.05, 3.63) is 41.9 Å². The van der Waals surface area contributed by atoms with Crippen molar-refractivity contribution in [1.29, 1.82) is 0 Å². The Labute approximate surface area is 136 Å². The number of hydrogen-bond acceptors (Lipinski definition) is 4. The van der Waals surface area contributed by atoms with Gasteiger partial charge in [0, 0.05) is 25.5 Å². The van der Waals surface area contributed by atoms with Crippen LogP contribution in [0.4, 0.5) is 0 Å². The lowest BCUT2D eigenvalue weighted by molar-refractivity contribution is -0.136. The smallest absolute Gasteiger partial charge is 0.227 e. The summed E-state index contributed by atoms with van der Waals surface area (Å²) in [6, 6.07) is 3.89. The fraction of sp³-hybridized carbons (Fsp3) is 0.529. The maximum atomic E-state index is 12.7. The van der Waals surface area contributed by atoms with E-state index in [2.05, 4.69) is 14.9 Å². The van der Waals surface area contributed by atoms with E-state index in [1.165, 1.54) is 0 Å². The van der Waals surface area contributed by atoms with Crippen molar-refractivity contribution in [3.8, 4) is 0 Å². The van der Waals surface area contributed by atoms with Gasteiger partial charge in [-0.1, -0.05) is 0 Å². The number of rotatable bonds is 5. The van der Waals surface area contributed by atoms with Gasteiger partial charge in [-0.25, -0.2) is 4.98 Å². The van der Waals surface area contributed by atoms with E-state index in [1.807, 2.05) is 26.1 Å². The van der Waals surface area contributed by atoms with E-state index in [1.54, 1.807) is 17.4 Å². The molecular formula is C17H24N4O2. The number of aryl methyl sites for hydroxylation is 1. The molecule has 3 rings (SSSR count). The zero-order valence-electron chi connectivity index (χ0n) is 13.8. The Bertz CT molecular complexity index is 635. The number of imidazole rings is 1. The summed E-state index contributed by atoms with van der Waals surface area (Å²) in [6.45, 7) is 5.08. The highest BCUT2D eigenvalue weighted by atomic mass is 16.3. The molecule has 0 unspecified atom stereocenters. The Morgan fingerprint density at radius 2 is 2.43 bits per heavy atom. The Hall–Kier alpha value is -2.08. The molecule has 1 aliphatic heterocycles. The van der Waals surface area contributed by atoms with Crippen molar-refractivity contribution in [1.82, 2.24) is 19.8 Å². The van der Waals surface area contributed by atoms with E-state index in [0.717, 1.165) is 49.8 Å². The molecule has 2 aromatic rings. The largest absolute Gasteiger partial charge is 0.468 e. The Kier molecular flexibility index (Phi) is 4.81. The van der Waals surface area contributed by atoms with Crippen LogP contribution in [0, 0.1) is 12.8 Å². The van der Waals surface area contributed by atoms with Gasteiger partial charge in [-0.2, -0.15) is 0 Å². The highest BCUT2D eigenvalue weighted by molar-refractivity contribution is 5.78. The zero-order valence-corrected chi connectivity index (χ0v) is 13.8. The number of aromatic amines is 1. The van der Waals surface area contributed by atoms with Crippen LogP contribution in [0.15, 0.2) is 29.0 Å². The molecule has 0 aromatic carbocycles. The van der Waals surface area contributed by atoms with E-state index in [4.69, 9.17) is 4.42 Å². The first-order chi connectivity index (χ1) is 11.1. The molecule has 1 fully saturated rings. The highest BCUT2D eigenvalue weighted by Gasteiger charge is 2.28. The van der Waals surface area contributed by atoms with Crippen LogP contribution in [0.5, 0.6) is 0 Å². The van der Waals surface area contributed by atoms with E-state index < -0.39 is 0 Å². The molecule has 6 nitrogen and oxygen atoms in total. The van der Waals surface area contributed by atoms with Crippen LogP contribution in [0.2, 0.25) is 0 Å². The van der Waals surface area contributed by atoms with Crippen LogP contribution in [-0.4, -0.2) is 45.8 Å². The molecule has 0 aliphatic carbocycles. The Morgan fingerprint density at radius 3 is 3.13 bits per heavy atom. The lowest BCUT2D eigenvalue weighted by atomic mass is 9.96. The molecule has 23 heavy (non-hydrogen) atoms. The number of H-pyrrole nitrogens is 1. The summed E-state index contributed by atoms with van der Waals surface area (Å²) < 4.78 is 5.41. The van der Waals surface area contributed by atoms with Gasteiger partial charge in [-0.05, 0) is 38.4 Å². The van der Waals surface area contributed by atoms with E-state index in [9.17, 15) is 4.79 Å². The first-order valence-corrected chi connectivity index (χ1v) is 8.12. The molecule has 0 radical (unpaired) electrons. The number of aromatic nitrogens is 2. The maximum absolute atomic E-state index is 12.7. The molecular weight excluding hydrogens is 292 g/mol. The zero-order chi connectivity index (χ0) is 16.2. The van der Waals surface area contributed by atoms with Gasteiger partial charge < -0.3 is 14.3 Å². The van der Waals surface area contributed by atoms with Crippen LogP contribution in [0.3, 0.4) is 0 Å². The molecule has 124 valence electrons. The molecule has 1 N–H and O–H groups in total. The van der Waals surface area contributed by atoms with E-state index in [0.29, 0.717) is 6.54 Å². The molecule has 2 aromatic heterocycles. The minimum atomic E-state index is 0.0553. The lowest BCUT2D eigenvalue weighted by Gasteiger charge is -2.33. The average Bonchev–Trinajstić information content (AvgIpc) is 3.18. The van der Waals surface area contributed by atoms with Gasteiger partial charge >= 0.3 is 0 Å². The summed E-state index contributed by atoms with van der Waals surface area (Å²) in [6.07, 6.45) is 5.49. The van der Waals surface area contributed by atoms with Crippen LogP contribution >= 0.6 is 0 Å². The number of nitrogens with zero attached hydrogens (tertiary/aromatic N) is 3. The third-order valence-electron chi connectivity index (χ3n) is 4.33. The number of likely N-dealkylation sites (tertiary alicyclic amines) is 1. The second-order valence-corrected chi connectivity index (χ2v) is 6.36. The summed E-state index contributed by atoms with van der Waals surface area (Å²) in [5, 5.41) is 0. The molecule has 3 heterocycles. The normalized spacial score (nSPS) is 19.0. The van der Waals surface area contributed by atoms with Gasteiger partial charge in [0.15, 0.2) is 0 Å². The van der Waals surface area contributed by atoms with Gasteiger partial charge in [0.05, 0.1) is 25.3 Å². The second kappa shape index (κ2) is 7.00. The van der Waals surface area contributed by atoms with Crippen molar-refractivity contribution in [2.45, 2.75) is 32.9 Å². The van der Waals surface area contributed by atoms with Gasteiger partial charge in [0.2, 0.25) is 5.91 Å². The number of nitrogens with one attached hydrogen (secondary N) is 1. The number of piperidine rings is 1. The average molecular weight is 316 g/mol. The minimum Gasteiger partial charge on any atom is -0.468 e. The van der Waals surface area contributed by atoms with Crippen molar-refractivity contribution >= 4 is 5.91 Å². The maximum Gasteiger partial charge on any atom is 0.227 e. The summed E-state index contributed by atoms with van der Waals surface area (Å²) in [7, 11) is 1.85. The number of carbonyl (C=O) groups excluding carboxylic acids is 1. The van der Waals surface area contributed by atoms with Gasteiger partial charge in [0.1, 0.15) is 11.6 Å². The van der Waals surface area contributed by atoms with E-state index >= 15 is 0 Å². The SMILES string of the molecule is Cc1cnc(CN(C)C(=O)[C@H]2CCCN(Cc3ccco3)C2)[nH]1. The molecule has 1 saturated heterocycles. The quantitative estimate of drug-likeness (QED) is 0.918. The first-order valence-electron chi connectivity index (χ1n) is 8.12. The van der Waals surface area contributed by atoms with Gasteiger partial charge in [-0.15, -0.1) is 0 Å². The highest BCUT2D eigenvalue weighted by Crippen LogP contribution is 2.21. The van der Waals surface area contributed by atoms with Gasteiger partial charge in [-0.3, -0.25) is 9.69 Å². The number of amides is 1. The molecule has 0 saturated carbocycles. The molecule has 1 aliphatic rings. The predicted molar refractivity (Wildman–Crippen MR) is 86.5 cm³/mol. The molecule has 6 heteroatoms. The van der Waals surface area contributed by atoms with Crippen molar-refractivity contribution in [2.24, 2.45) is 5.92 Å². The lowest BCUT2D eigenvalue weighted by Crippen LogP contribution is -2.43. The fourth-order valence-electron chi connectivity index (χ4n) is 3.19. The second-order valence-electron chi connectivity index (χ2n) is 6.36. The number of carbonyl (C=O) groups is 1. The van der Waals surface area contributed by atoms with Crippen LogP contribution in [-0.2, 0) is 17.9 Å². The summed E-state index contributed by atoms with van der Waals surface area (Å²) in [5.74, 6) is 2.04. The van der Waals surface area contributed by atoms with Crippen molar-refractivity contribution < 1.29 is 9.21 Å². The van der Waals surface area contributed by atoms with Crippen molar-refractivity contribution in [3.63, 3.8) is 0 Å². The molecule has 0 bridgehead atoms. The van der Waals surface area contributed by atoms with Gasteiger partial charge in [0.25, 0.3) is 0 Å². The standard InChI is InChI=1S/C17H24N4O2/c1-13-9-18-16(19-13)12-20(2)17(22)14-5-3-7-21(10-14)11-15-6-4-8-23-15/h4,6,8-9,14H,3,5,7,10-12H2,1-2H3,(H,18,19)/t14-/m0/s1. The number of hydrogen-bond donors (Lipinski definition) is 1. The van der Waals surface area contributed by atoms with E-state index in [-0.39, 0.29) is 11.8 Å². The molecule has 0 spiro atoms. The monoisotopic (exact) mass is 316 g/mol. The Balaban J connectivity index is 1.55. The van der Waals surface area contributed by atoms with Crippen LogP contribution < -0.4 is 0 Å². The van der Waals surface area contributed by atoms with Crippen LogP contribution in [0.1, 0.15) is 30.1 Å². The summed E-state index contributed by atoms with van der Waals surface area (Å²) >= 11 is 0. The Morgan fingerprint density at radius 1 is 1.57 bits per heavy atom. The molecule has 1 amide bonds. The predicted octanol–water partition coefficient (Wildman–Crippen LogP) is 2.18. The third-order valence-corrected chi connectivity index (χ3v) is 4.33. The summed E-state index contributed by atoms with van der Waals surface area (Å²) in [5.41, 5.74) is 1.02. The topological polar surface area (TPSA) is 65.4 Å². The third kappa shape index (κ3) is 4.01. The summed E-state index contributed by atoms with van der Waals surface area (Å²) in [4.78, 5) is 24.2. The molecule has 1 atom stereocenters. The van der Waals surface area contributed by atoms with Crippen molar-refractivity contribution in [2.75, 3.05) is 20.1 Å². The first kappa shape index (κ1) is 15.8. The fourth-order valence-corrected chi connectivity index (χ4v) is 3.19. The minimum absolute atomic E-state index is 0.0553. The van der Waals surface area contributed by atoms with Crippen LogP contribution in [0.25, 0.3) is 0 Å².